The number of fused-ring (bicyclic) bond motifs is 1. The highest BCUT2D eigenvalue weighted by Gasteiger charge is 2.22. The van der Waals surface area contributed by atoms with Gasteiger partial charge in [-0.1, -0.05) is 26.0 Å². The fraction of sp³-hybridized carbons (Fsp3) is 0.533. The average molecular weight is 263 g/mol. The summed E-state index contributed by atoms with van der Waals surface area (Å²) in [4.78, 5) is 10.5. The van der Waals surface area contributed by atoms with Crippen molar-refractivity contribution in [3.05, 3.63) is 29.3 Å². The van der Waals surface area contributed by atoms with Gasteiger partial charge in [0.15, 0.2) is 0 Å². The molecule has 0 aromatic heterocycles. The third kappa shape index (κ3) is 3.47. The van der Waals surface area contributed by atoms with E-state index in [9.17, 15) is 4.79 Å². The molecule has 0 unspecified atom stereocenters. The summed E-state index contributed by atoms with van der Waals surface area (Å²) in [5, 5.41) is 11.8. The second-order valence-electron chi connectivity index (χ2n) is 5.63. The fourth-order valence-corrected chi connectivity index (χ4v) is 2.31. The molecule has 2 rings (SSSR count). The third-order valence-corrected chi connectivity index (χ3v) is 3.55. The van der Waals surface area contributed by atoms with E-state index in [1.54, 1.807) is 0 Å². The number of rotatable bonds is 6. The number of aliphatic carboxylic acids is 1. The van der Waals surface area contributed by atoms with Crippen LogP contribution in [-0.4, -0.2) is 30.8 Å². The smallest absolute Gasteiger partial charge is 0.304 e. The van der Waals surface area contributed by atoms with E-state index in [2.05, 4.69) is 31.3 Å². The van der Waals surface area contributed by atoms with Gasteiger partial charge in [-0.3, -0.25) is 4.79 Å². The first kappa shape index (κ1) is 13.9. The standard InChI is InChI=1S/C15H21NO3/c1-15(2,10-16-7-5-14(17)18)12-3-4-13-11(9-12)6-8-19-13/h3-4,9,16H,5-8,10H2,1-2H3,(H,17,18). The molecule has 19 heavy (non-hydrogen) atoms. The van der Waals surface area contributed by atoms with Gasteiger partial charge in [0.2, 0.25) is 0 Å². The maximum atomic E-state index is 10.5. The Labute approximate surface area is 113 Å². The lowest BCUT2D eigenvalue weighted by Crippen LogP contribution is -2.34. The molecule has 104 valence electrons. The van der Waals surface area contributed by atoms with E-state index in [0.717, 1.165) is 25.3 Å². The minimum Gasteiger partial charge on any atom is -0.493 e. The summed E-state index contributed by atoms with van der Waals surface area (Å²) < 4.78 is 5.51. The Kier molecular flexibility index (Phi) is 4.10. The normalized spacial score (nSPS) is 14.0. The van der Waals surface area contributed by atoms with Gasteiger partial charge in [0.1, 0.15) is 5.75 Å². The number of carboxylic acids is 1. The maximum Gasteiger partial charge on any atom is 0.304 e. The molecule has 0 saturated carbocycles. The monoisotopic (exact) mass is 263 g/mol. The van der Waals surface area contributed by atoms with E-state index in [4.69, 9.17) is 9.84 Å². The lowest BCUT2D eigenvalue weighted by Gasteiger charge is -2.26. The van der Waals surface area contributed by atoms with Crippen LogP contribution in [0.2, 0.25) is 0 Å². The van der Waals surface area contributed by atoms with Crippen LogP contribution in [0.1, 0.15) is 31.4 Å². The molecule has 0 saturated heterocycles. The van der Waals surface area contributed by atoms with Gasteiger partial charge >= 0.3 is 5.97 Å². The largest absolute Gasteiger partial charge is 0.493 e. The lowest BCUT2D eigenvalue weighted by atomic mass is 9.83. The summed E-state index contributed by atoms with van der Waals surface area (Å²) in [6.45, 7) is 6.37. The molecule has 2 N–H and O–H groups in total. The molecule has 4 nitrogen and oxygen atoms in total. The van der Waals surface area contributed by atoms with E-state index in [0.29, 0.717) is 6.54 Å². The van der Waals surface area contributed by atoms with Crippen molar-refractivity contribution in [2.45, 2.75) is 32.1 Å². The number of hydrogen-bond acceptors (Lipinski definition) is 3. The molecule has 1 aromatic rings. The molecular weight excluding hydrogens is 242 g/mol. The topological polar surface area (TPSA) is 58.6 Å². The third-order valence-electron chi connectivity index (χ3n) is 3.55. The first-order chi connectivity index (χ1) is 8.99. The SMILES string of the molecule is CC(C)(CNCCC(=O)O)c1ccc2c(c1)CCO2. The second kappa shape index (κ2) is 5.61. The summed E-state index contributed by atoms with van der Waals surface area (Å²) in [5.74, 6) is 0.235. The molecule has 1 aromatic carbocycles. The summed E-state index contributed by atoms with van der Waals surface area (Å²) in [7, 11) is 0. The Morgan fingerprint density at radius 2 is 2.26 bits per heavy atom. The predicted octanol–water partition coefficient (Wildman–Crippen LogP) is 1.96. The van der Waals surface area contributed by atoms with Gasteiger partial charge < -0.3 is 15.2 Å². The van der Waals surface area contributed by atoms with Crippen molar-refractivity contribution in [2.75, 3.05) is 19.7 Å². The van der Waals surface area contributed by atoms with Crippen LogP contribution >= 0.6 is 0 Å². The van der Waals surface area contributed by atoms with Crippen molar-refractivity contribution in [1.29, 1.82) is 0 Å². The van der Waals surface area contributed by atoms with Gasteiger partial charge in [-0.15, -0.1) is 0 Å². The molecule has 4 heteroatoms. The second-order valence-corrected chi connectivity index (χ2v) is 5.63. The Morgan fingerprint density at radius 1 is 1.47 bits per heavy atom. The number of benzene rings is 1. The van der Waals surface area contributed by atoms with Gasteiger partial charge in [-0.25, -0.2) is 0 Å². The average Bonchev–Trinajstić information content (AvgIpc) is 2.81. The van der Waals surface area contributed by atoms with E-state index in [1.807, 2.05) is 6.07 Å². The quantitative estimate of drug-likeness (QED) is 0.770. The highest BCUT2D eigenvalue weighted by molar-refractivity contribution is 5.66. The summed E-state index contributed by atoms with van der Waals surface area (Å²) in [6, 6.07) is 6.35. The highest BCUT2D eigenvalue weighted by Crippen LogP contribution is 2.31. The molecule has 0 radical (unpaired) electrons. The van der Waals surface area contributed by atoms with Crippen LogP contribution in [0.15, 0.2) is 18.2 Å². The van der Waals surface area contributed by atoms with Crippen molar-refractivity contribution in [3.63, 3.8) is 0 Å². The van der Waals surface area contributed by atoms with Crippen LogP contribution in [0, 0.1) is 0 Å². The van der Waals surface area contributed by atoms with E-state index in [1.165, 1.54) is 11.1 Å². The van der Waals surface area contributed by atoms with Crippen molar-refractivity contribution in [2.24, 2.45) is 0 Å². The molecule has 0 aliphatic carbocycles. The number of nitrogens with one attached hydrogen (secondary N) is 1. The van der Waals surface area contributed by atoms with Crippen molar-refractivity contribution in [1.82, 2.24) is 5.32 Å². The first-order valence-corrected chi connectivity index (χ1v) is 6.68. The molecular formula is C15H21NO3. The molecule has 0 atom stereocenters. The molecule has 1 aliphatic heterocycles. The Morgan fingerprint density at radius 3 is 3.00 bits per heavy atom. The Hall–Kier alpha value is -1.55. The van der Waals surface area contributed by atoms with Crippen LogP contribution in [-0.2, 0) is 16.6 Å². The zero-order valence-electron chi connectivity index (χ0n) is 11.5. The van der Waals surface area contributed by atoms with Crippen LogP contribution in [0.5, 0.6) is 5.75 Å². The molecule has 0 bridgehead atoms. The van der Waals surface area contributed by atoms with Crippen molar-refractivity contribution >= 4 is 5.97 Å². The van der Waals surface area contributed by atoms with Crippen LogP contribution in [0.3, 0.4) is 0 Å². The molecule has 0 amide bonds. The number of ether oxygens (including phenoxy) is 1. The molecule has 1 aliphatic rings. The summed E-state index contributed by atoms with van der Waals surface area (Å²) >= 11 is 0. The van der Waals surface area contributed by atoms with Crippen LogP contribution < -0.4 is 10.1 Å². The Bertz CT molecular complexity index is 468. The zero-order valence-corrected chi connectivity index (χ0v) is 11.5. The van der Waals surface area contributed by atoms with Gasteiger partial charge in [-0.05, 0) is 17.2 Å². The fourth-order valence-electron chi connectivity index (χ4n) is 2.31. The number of carbonyl (C=O) groups is 1. The van der Waals surface area contributed by atoms with Gasteiger partial charge in [0, 0.05) is 24.9 Å². The van der Waals surface area contributed by atoms with Gasteiger partial charge in [0.05, 0.1) is 13.0 Å². The molecule has 1 heterocycles. The predicted molar refractivity (Wildman–Crippen MR) is 73.8 cm³/mol. The zero-order chi connectivity index (χ0) is 13.9. The number of hydrogen-bond donors (Lipinski definition) is 2. The Balaban J connectivity index is 1.96. The van der Waals surface area contributed by atoms with Crippen molar-refractivity contribution in [3.8, 4) is 5.75 Å². The molecule has 0 fully saturated rings. The summed E-state index contributed by atoms with van der Waals surface area (Å²) in [5.41, 5.74) is 2.52. The minimum absolute atomic E-state index is 0.0177. The van der Waals surface area contributed by atoms with Gasteiger partial charge in [0.25, 0.3) is 0 Å². The first-order valence-electron chi connectivity index (χ1n) is 6.68. The highest BCUT2D eigenvalue weighted by atomic mass is 16.5. The minimum atomic E-state index is -0.764. The maximum absolute atomic E-state index is 10.5. The van der Waals surface area contributed by atoms with Crippen LogP contribution in [0.25, 0.3) is 0 Å². The van der Waals surface area contributed by atoms with E-state index >= 15 is 0 Å². The van der Waals surface area contributed by atoms with Crippen LogP contribution in [0.4, 0.5) is 0 Å². The lowest BCUT2D eigenvalue weighted by molar-refractivity contribution is -0.136. The van der Waals surface area contributed by atoms with E-state index < -0.39 is 5.97 Å². The molecule has 0 spiro atoms. The van der Waals surface area contributed by atoms with Gasteiger partial charge in [-0.2, -0.15) is 0 Å². The number of carboxylic acid groups (broad SMARTS) is 1. The van der Waals surface area contributed by atoms with Crippen molar-refractivity contribution < 1.29 is 14.6 Å². The summed E-state index contributed by atoms with van der Waals surface area (Å²) in [6.07, 6.45) is 1.14. The van der Waals surface area contributed by atoms with E-state index in [-0.39, 0.29) is 11.8 Å².